The zero-order valence-corrected chi connectivity index (χ0v) is 27.0. The minimum atomic E-state index is -1.13. The van der Waals surface area contributed by atoms with E-state index >= 15 is 4.39 Å². The number of H-pyrrole nitrogens is 1. The van der Waals surface area contributed by atoms with Gasteiger partial charge < -0.3 is 30.0 Å². The van der Waals surface area contributed by atoms with Gasteiger partial charge in [0.05, 0.1) is 38.0 Å². The number of methoxy groups -OCH3 is 1. The van der Waals surface area contributed by atoms with Crippen molar-refractivity contribution in [1.29, 1.82) is 0 Å². The Kier molecular flexibility index (Phi) is 9.40. The molecule has 1 aromatic heterocycles. The molecule has 5 aliphatic rings. The predicted octanol–water partition coefficient (Wildman–Crippen LogP) is 3.44. The first-order valence-electron chi connectivity index (χ1n) is 16.8. The highest BCUT2D eigenvalue weighted by atomic mass is 32.2. The van der Waals surface area contributed by atoms with Crippen LogP contribution in [0.2, 0.25) is 0 Å². The average molecular weight is 640 g/mol. The molecule has 0 radical (unpaired) electrons. The van der Waals surface area contributed by atoms with Gasteiger partial charge >= 0.3 is 0 Å². The van der Waals surface area contributed by atoms with Crippen LogP contribution >= 0.6 is 11.8 Å². The number of halogens is 1. The van der Waals surface area contributed by atoms with Crippen molar-refractivity contribution < 1.29 is 23.5 Å². The molecule has 1 aromatic carbocycles. The summed E-state index contributed by atoms with van der Waals surface area (Å²) >= 11 is 1.92. The third-order valence-corrected chi connectivity index (χ3v) is 12.4. The van der Waals surface area contributed by atoms with Gasteiger partial charge in [-0.1, -0.05) is 12.8 Å². The second-order valence-electron chi connectivity index (χ2n) is 13.2. The van der Waals surface area contributed by atoms with Crippen LogP contribution < -0.4 is 15.4 Å². The number of carbonyl (C=O) groups excluding carboxylic acids is 2. The zero-order valence-electron chi connectivity index (χ0n) is 26.1. The highest BCUT2D eigenvalue weighted by Gasteiger charge is 2.57. The van der Waals surface area contributed by atoms with Crippen molar-refractivity contribution in [3.8, 4) is 5.75 Å². The van der Waals surface area contributed by atoms with Crippen LogP contribution in [-0.4, -0.2) is 114 Å². The fourth-order valence-electron chi connectivity index (χ4n) is 8.28. The van der Waals surface area contributed by atoms with Crippen molar-refractivity contribution in [3.63, 3.8) is 0 Å². The molecule has 4 fully saturated rings. The van der Waals surface area contributed by atoms with Crippen LogP contribution in [0, 0.1) is 5.92 Å². The number of aromatic amines is 1. The lowest BCUT2D eigenvalue weighted by Gasteiger charge is -2.59. The Labute approximate surface area is 269 Å². The number of nitrogens with zero attached hydrogens (tertiary/aromatic N) is 2. The molecule has 9 nitrogen and oxygen atoms in total. The smallest absolute Gasteiger partial charge is 0.256 e. The Balaban J connectivity index is 1.05. The molecular weight excluding hydrogens is 593 g/mol. The number of hydrogen-bond acceptors (Lipinski definition) is 8. The molecule has 2 saturated heterocycles. The summed E-state index contributed by atoms with van der Waals surface area (Å²) in [7, 11) is 1.65. The molecule has 4 heterocycles. The third-order valence-electron chi connectivity index (χ3n) is 10.6. The number of fused-ring (bicyclic) bond motifs is 3. The Morgan fingerprint density at radius 2 is 2.04 bits per heavy atom. The van der Waals surface area contributed by atoms with Gasteiger partial charge in [0, 0.05) is 65.4 Å². The Morgan fingerprint density at radius 1 is 1.20 bits per heavy atom. The number of morpholine rings is 1. The molecule has 0 spiro atoms. The van der Waals surface area contributed by atoms with Crippen molar-refractivity contribution in [1.82, 2.24) is 25.4 Å². The van der Waals surface area contributed by atoms with Gasteiger partial charge in [0.15, 0.2) is 5.78 Å². The van der Waals surface area contributed by atoms with E-state index in [1.165, 1.54) is 6.42 Å². The number of Topliss-reactive ketones (excluding diaryl/α,β-unsaturated/α-hetero) is 1. The van der Waals surface area contributed by atoms with E-state index < -0.39 is 12.1 Å². The predicted molar refractivity (Wildman–Crippen MR) is 174 cm³/mol. The van der Waals surface area contributed by atoms with E-state index in [0.29, 0.717) is 18.2 Å². The summed E-state index contributed by atoms with van der Waals surface area (Å²) in [6, 6.07) is 5.79. The van der Waals surface area contributed by atoms with E-state index in [1.54, 1.807) is 7.11 Å². The van der Waals surface area contributed by atoms with Crippen LogP contribution in [-0.2, 0) is 20.7 Å². The van der Waals surface area contributed by atoms with Gasteiger partial charge in [-0.3, -0.25) is 14.5 Å². The van der Waals surface area contributed by atoms with E-state index in [9.17, 15) is 9.59 Å². The lowest BCUT2D eigenvalue weighted by atomic mass is 9.72. The van der Waals surface area contributed by atoms with E-state index in [2.05, 4.69) is 25.4 Å². The van der Waals surface area contributed by atoms with Gasteiger partial charge in [-0.05, 0) is 69.0 Å². The maximum Gasteiger partial charge on any atom is 0.256 e. The number of thioether (sulfide) groups is 1. The van der Waals surface area contributed by atoms with Crippen molar-refractivity contribution >= 4 is 34.4 Å². The van der Waals surface area contributed by atoms with Gasteiger partial charge in [-0.15, -0.1) is 11.8 Å². The lowest BCUT2D eigenvalue weighted by Crippen LogP contribution is -2.70. The molecule has 1 amide bonds. The van der Waals surface area contributed by atoms with E-state index in [1.807, 2.05) is 42.4 Å². The number of nitrogens with one attached hydrogen (secondary N) is 3. The molecule has 2 aliphatic carbocycles. The van der Waals surface area contributed by atoms with Crippen LogP contribution in [0.1, 0.15) is 44.1 Å². The first kappa shape index (κ1) is 31.0. The highest BCUT2D eigenvalue weighted by Crippen LogP contribution is 2.51. The summed E-state index contributed by atoms with van der Waals surface area (Å²) in [6.45, 7) is 5.61. The molecular formula is C34H46FN5O4S. The molecule has 3 N–H and O–H groups in total. The summed E-state index contributed by atoms with van der Waals surface area (Å²) in [5.74, 6) is -0.266. The van der Waals surface area contributed by atoms with Crippen molar-refractivity contribution in [2.75, 3.05) is 53.0 Å². The van der Waals surface area contributed by atoms with Crippen LogP contribution in [0.25, 0.3) is 10.9 Å². The second kappa shape index (κ2) is 13.6. The van der Waals surface area contributed by atoms with Gasteiger partial charge in [-0.25, -0.2) is 4.39 Å². The largest absolute Gasteiger partial charge is 0.497 e. The SMILES string of the molecule is COc1ccc2[nH]cc(CCNC(=O)C3=CN4C5CCCCC5SC5C(NCCCN6CCOCC6)C(F)CC(C3=O)C54)c2c1. The van der Waals surface area contributed by atoms with Crippen molar-refractivity contribution in [2.24, 2.45) is 5.92 Å². The molecule has 3 aliphatic heterocycles. The zero-order chi connectivity index (χ0) is 30.9. The molecule has 7 atom stereocenters. The lowest BCUT2D eigenvalue weighted by molar-refractivity contribution is -0.130. The van der Waals surface area contributed by atoms with Gasteiger partial charge in [0.2, 0.25) is 0 Å². The topological polar surface area (TPSA) is 98.9 Å². The molecule has 244 valence electrons. The van der Waals surface area contributed by atoms with Gasteiger partial charge in [-0.2, -0.15) is 0 Å². The standard InChI is InChI=1S/C34H46FN5O4S/c1-43-22-7-8-27-23(17-22)21(19-38-27)9-11-37-34(42)25-20-40-28-5-2-3-6-29(28)45-33-30(26(35)18-24(31(33)40)32(25)41)36-10-4-12-39-13-15-44-16-14-39/h7-8,17,19-20,24,26,28-31,33,36,38H,2-6,9-16,18H2,1H3,(H,37,42). The first-order chi connectivity index (χ1) is 22.0. The van der Waals surface area contributed by atoms with Gasteiger partial charge in [0.1, 0.15) is 11.9 Å². The molecule has 7 unspecified atom stereocenters. The Hall–Kier alpha value is -2.60. The number of carbonyl (C=O) groups is 2. The fourth-order valence-corrected chi connectivity index (χ4v) is 10.4. The Morgan fingerprint density at radius 3 is 2.89 bits per heavy atom. The minimum Gasteiger partial charge on any atom is -0.497 e. The Bertz CT molecular complexity index is 1410. The molecule has 2 saturated carbocycles. The molecule has 0 bridgehead atoms. The molecule has 45 heavy (non-hydrogen) atoms. The van der Waals surface area contributed by atoms with E-state index in [4.69, 9.17) is 9.47 Å². The third kappa shape index (κ3) is 6.25. The number of hydrogen-bond donors (Lipinski definition) is 3. The summed E-state index contributed by atoms with van der Waals surface area (Å²) in [5.41, 5.74) is 2.28. The maximum atomic E-state index is 16.1. The second-order valence-corrected chi connectivity index (χ2v) is 14.6. The van der Waals surface area contributed by atoms with Crippen LogP contribution in [0.15, 0.2) is 36.2 Å². The number of rotatable bonds is 10. The van der Waals surface area contributed by atoms with Crippen molar-refractivity contribution in [3.05, 3.63) is 41.7 Å². The highest BCUT2D eigenvalue weighted by molar-refractivity contribution is 8.00. The molecule has 11 heteroatoms. The summed E-state index contributed by atoms with van der Waals surface area (Å²) in [4.78, 5) is 35.5. The number of ketones is 1. The maximum absolute atomic E-state index is 16.1. The quantitative estimate of drug-likeness (QED) is 0.269. The average Bonchev–Trinajstić information content (AvgIpc) is 3.47. The van der Waals surface area contributed by atoms with Crippen LogP contribution in [0.4, 0.5) is 4.39 Å². The molecule has 2 aromatic rings. The normalized spacial score (nSPS) is 31.7. The minimum absolute atomic E-state index is 0.0230. The summed E-state index contributed by atoms with van der Waals surface area (Å²) in [6.07, 6.45) is 8.90. The van der Waals surface area contributed by atoms with Crippen LogP contribution in [0.5, 0.6) is 5.75 Å². The first-order valence-corrected chi connectivity index (χ1v) is 17.7. The van der Waals surface area contributed by atoms with E-state index in [-0.39, 0.29) is 47.1 Å². The number of aromatic nitrogens is 1. The summed E-state index contributed by atoms with van der Waals surface area (Å²) < 4.78 is 26.9. The summed E-state index contributed by atoms with van der Waals surface area (Å²) in [5, 5.41) is 8.03. The molecule has 7 rings (SSSR count). The van der Waals surface area contributed by atoms with E-state index in [0.717, 1.165) is 87.3 Å². The number of benzene rings is 1. The van der Waals surface area contributed by atoms with Crippen molar-refractivity contribution in [2.45, 2.75) is 79.7 Å². The number of amides is 1. The number of alkyl halides is 1. The van der Waals surface area contributed by atoms with Crippen LogP contribution in [0.3, 0.4) is 0 Å². The number of ether oxygens (including phenoxy) is 2. The van der Waals surface area contributed by atoms with Gasteiger partial charge in [0.25, 0.3) is 5.91 Å². The monoisotopic (exact) mass is 639 g/mol. The fraction of sp³-hybridized carbons (Fsp3) is 0.647.